The number of carbonyl (C=O) groups excluding carboxylic acids is 1. The number of benzene rings is 1. The van der Waals surface area contributed by atoms with Gasteiger partial charge in [-0.2, -0.15) is 0 Å². The Morgan fingerprint density at radius 3 is 2.33 bits per heavy atom. The van der Waals surface area contributed by atoms with Gasteiger partial charge in [-0.1, -0.05) is 26.0 Å². The van der Waals surface area contributed by atoms with Crippen LogP contribution in [0.15, 0.2) is 24.3 Å². The second-order valence-electron chi connectivity index (χ2n) is 6.59. The fraction of sp³-hybridized carbons (Fsp3) is 0.588. The molecular formula is C17H27NO3. The van der Waals surface area contributed by atoms with Crippen LogP contribution in [0.3, 0.4) is 0 Å². The molecule has 0 aromatic heterocycles. The van der Waals surface area contributed by atoms with E-state index in [0.717, 1.165) is 11.3 Å². The largest absolute Gasteiger partial charge is 0.493 e. The van der Waals surface area contributed by atoms with Gasteiger partial charge in [0, 0.05) is 13.6 Å². The number of hydrogen-bond acceptors (Lipinski definition) is 3. The molecule has 1 rings (SSSR count). The van der Waals surface area contributed by atoms with Crippen LogP contribution in [0.1, 0.15) is 33.3 Å². The number of amides is 1. The van der Waals surface area contributed by atoms with Gasteiger partial charge in [0.2, 0.25) is 5.91 Å². The first-order chi connectivity index (χ1) is 9.67. The Morgan fingerprint density at radius 2 is 1.86 bits per heavy atom. The van der Waals surface area contributed by atoms with E-state index in [2.05, 4.69) is 13.8 Å². The van der Waals surface area contributed by atoms with Gasteiger partial charge in [0.25, 0.3) is 0 Å². The van der Waals surface area contributed by atoms with E-state index < -0.39 is 5.60 Å². The summed E-state index contributed by atoms with van der Waals surface area (Å²) in [6.45, 7) is 8.60. The molecule has 1 aromatic rings. The molecule has 0 saturated heterocycles. The molecule has 118 valence electrons. The zero-order valence-electron chi connectivity index (χ0n) is 13.7. The van der Waals surface area contributed by atoms with Gasteiger partial charge in [-0.15, -0.1) is 0 Å². The highest BCUT2D eigenvalue weighted by molar-refractivity contribution is 5.78. The van der Waals surface area contributed by atoms with Gasteiger partial charge in [0.1, 0.15) is 5.75 Å². The molecule has 0 heterocycles. The molecule has 0 saturated carbocycles. The Kier molecular flexibility index (Phi) is 6.21. The molecule has 0 bridgehead atoms. The molecule has 1 N–H and O–H groups in total. The third-order valence-electron chi connectivity index (χ3n) is 2.91. The molecule has 0 aliphatic rings. The highest BCUT2D eigenvalue weighted by atomic mass is 16.5. The van der Waals surface area contributed by atoms with E-state index in [1.165, 1.54) is 0 Å². The molecule has 0 fully saturated rings. The van der Waals surface area contributed by atoms with Crippen LogP contribution in [0.25, 0.3) is 0 Å². The van der Waals surface area contributed by atoms with Gasteiger partial charge < -0.3 is 14.7 Å². The molecular weight excluding hydrogens is 266 g/mol. The summed E-state index contributed by atoms with van der Waals surface area (Å²) in [6.07, 6.45) is 0.330. The predicted molar refractivity (Wildman–Crippen MR) is 84.4 cm³/mol. The first-order valence-electron chi connectivity index (χ1n) is 7.35. The predicted octanol–water partition coefficient (Wildman–Crippen LogP) is 2.49. The van der Waals surface area contributed by atoms with E-state index in [1.54, 1.807) is 25.8 Å². The van der Waals surface area contributed by atoms with Crippen molar-refractivity contribution in [3.8, 4) is 5.75 Å². The number of ether oxygens (including phenoxy) is 1. The second kappa shape index (κ2) is 7.46. The van der Waals surface area contributed by atoms with Crippen LogP contribution < -0.4 is 4.74 Å². The summed E-state index contributed by atoms with van der Waals surface area (Å²) < 4.78 is 5.61. The van der Waals surface area contributed by atoms with Crippen LogP contribution in [-0.2, 0) is 11.2 Å². The summed E-state index contributed by atoms with van der Waals surface area (Å²) in [5.74, 6) is 1.31. The molecule has 4 heteroatoms. The number of rotatable bonds is 7. The van der Waals surface area contributed by atoms with E-state index >= 15 is 0 Å². The third-order valence-corrected chi connectivity index (χ3v) is 2.91. The Bertz CT molecular complexity index is 446. The summed E-state index contributed by atoms with van der Waals surface area (Å²) in [5.41, 5.74) is 0.0679. The zero-order valence-corrected chi connectivity index (χ0v) is 13.7. The second-order valence-corrected chi connectivity index (χ2v) is 6.59. The number of aliphatic hydroxyl groups is 1. The Balaban J connectivity index is 2.53. The first kappa shape index (κ1) is 17.5. The van der Waals surface area contributed by atoms with E-state index in [0.29, 0.717) is 25.5 Å². The highest BCUT2D eigenvalue weighted by Gasteiger charge is 2.19. The molecule has 0 aliphatic carbocycles. The number of likely N-dealkylation sites (N-methyl/N-ethyl adjacent to an activating group) is 1. The fourth-order valence-electron chi connectivity index (χ4n) is 1.94. The van der Waals surface area contributed by atoms with Crippen molar-refractivity contribution in [2.75, 3.05) is 20.2 Å². The topological polar surface area (TPSA) is 49.8 Å². The average Bonchev–Trinajstić information content (AvgIpc) is 2.35. The Morgan fingerprint density at radius 1 is 1.29 bits per heavy atom. The Labute approximate surface area is 127 Å². The monoisotopic (exact) mass is 293 g/mol. The molecule has 0 aliphatic heterocycles. The highest BCUT2D eigenvalue weighted by Crippen LogP contribution is 2.14. The van der Waals surface area contributed by atoms with Crippen molar-refractivity contribution in [3.05, 3.63) is 29.8 Å². The Hall–Kier alpha value is -1.55. The number of hydrogen-bond donors (Lipinski definition) is 1. The van der Waals surface area contributed by atoms with Crippen molar-refractivity contribution in [3.63, 3.8) is 0 Å². The van der Waals surface area contributed by atoms with Crippen LogP contribution in [0.2, 0.25) is 0 Å². The third kappa shape index (κ3) is 7.14. The van der Waals surface area contributed by atoms with Crippen molar-refractivity contribution in [2.45, 2.75) is 39.7 Å². The van der Waals surface area contributed by atoms with E-state index in [-0.39, 0.29) is 5.91 Å². The zero-order chi connectivity index (χ0) is 16.0. The van der Waals surface area contributed by atoms with Crippen molar-refractivity contribution >= 4 is 5.91 Å². The summed E-state index contributed by atoms with van der Waals surface area (Å²) in [4.78, 5) is 13.6. The number of carbonyl (C=O) groups is 1. The SMILES string of the molecule is CC(C)COc1ccc(CC(=O)N(C)CC(C)(C)O)cc1. The maximum Gasteiger partial charge on any atom is 0.226 e. The fourth-order valence-corrected chi connectivity index (χ4v) is 1.94. The lowest BCUT2D eigenvalue weighted by molar-refractivity contribution is -0.131. The maximum atomic E-state index is 12.1. The summed E-state index contributed by atoms with van der Waals surface area (Å²) in [7, 11) is 1.71. The van der Waals surface area contributed by atoms with Crippen LogP contribution in [0.4, 0.5) is 0 Å². The first-order valence-corrected chi connectivity index (χ1v) is 7.35. The van der Waals surface area contributed by atoms with Gasteiger partial charge >= 0.3 is 0 Å². The summed E-state index contributed by atoms with van der Waals surface area (Å²) in [5, 5.41) is 9.73. The minimum absolute atomic E-state index is 0.00651. The van der Waals surface area contributed by atoms with Gasteiger partial charge in [0.05, 0.1) is 18.6 Å². The smallest absolute Gasteiger partial charge is 0.226 e. The lowest BCUT2D eigenvalue weighted by Gasteiger charge is -2.25. The van der Waals surface area contributed by atoms with E-state index in [9.17, 15) is 9.90 Å². The molecule has 21 heavy (non-hydrogen) atoms. The lowest BCUT2D eigenvalue weighted by atomic mass is 10.1. The molecule has 0 radical (unpaired) electrons. The van der Waals surface area contributed by atoms with Crippen LogP contribution in [0.5, 0.6) is 5.75 Å². The molecule has 0 spiro atoms. The van der Waals surface area contributed by atoms with Crippen LogP contribution >= 0.6 is 0 Å². The standard InChI is InChI=1S/C17H27NO3/c1-13(2)11-21-15-8-6-14(7-9-15)10-16(19)18(5)12-17(3,4)20/h6-9,13,20H,10-12H2,1-5H3. The minimum Gasteiger partial charge on any atom is -0.493 e. The molecule has 4 nitrogen and oxygen atoms in total. The molecule has 0 unspecified atom stereocenters. The summed E-state index contributed by atoms with van der Waals surface area (Å²) >= 11 is 0. The molecule has 0 atom stereocenters. The number of nitrogens with zero attached hydrogens (tertiary/aromatic N) is 1. The molecule has 1 amide bonds. The maximum absolute atomic E-state index is 12.1. The van der Waals surface area contributed by atoms with E-state index in [4.69, 9.17) is 4.74 Å². The van der Waals surface area contributed by atoms with Gasteiger partial charge in [-0.25, -0.2) is 0 Å². The van der Waals surface area contributed by atoms with Gasteiger partial charge in [-0.05, 0) is 37.5 Å². The van der Waals surface area contributed by atoms with Crippen molar-refractivity contribution < 1.29 is 14.6 Å². The van der Waals surface area contributed by atoms with Crippen molar-refractivity contribution in [1.29, 1.82) is 0 Å². The summed E-state index contributed by atoms with van der Waals surface area (Å²) in [6, 6.07) is 7.60. The van der Waals surface area contributed by atoms with Gasteiger partial charge in [-0.3, -0.25) is 4.79 Å². The van der Waals surface area contributed by atoms with E-state index in [1.807, 2.05) is 24.3 Å². The van der Waals surface area contributed by atoms with Crippen LogP contribution in [0, 0.1) is 5.92 Å². The average molecular weight is 293 g/mol. The lowest BCUT2D eigenvalue weighted by Crippen LogP contribution is -2.40. The quantitative estimate of drug-likeness (QED) is 0.840. The van der Waals surface area contributed by atoms with Crippen molar-refractivity contribution in [1.82, 2.24) is 4.90 Å². The normalized spacial score (nSPS) is 11.6. The van der Waals surface area contributed by atoms with Crippen LogP contribution in [-0.4, -0.2) is 41.7 Å². The minimum atomic E-state index is -0.876. The van der Waals surface area contributed by atoms with Gasteiger partial charge in [0.15, 0.2) is 0 Å². The van der Waals surface area contributed by atoms with Crippen molar-refractivity contribution in [2.24, 2.45) is 5.92 Å². The molecule has 1 aromatic carbocycles.